The number of benzene rings is 8. The van der Waals surface area contributed by atoms with Crippen LogP contribution in [0.1, 0.15) is 58.2 Å². The summed E-state index contributed by atoms with van der Waals surface area (Å²) in [5.74, 6) is 0. The Morgan fingerprint density at radius 1 is 0.523 bits per heavy atom. The monoisotopic (exact) mass is 857 g/mol. The van der Waals surface area contributed by atoms with Crippen LogP contribution in [0.3, 0.4) is 0 Å². The van der Waals surface area contributed by atoms with Gasteiger partial charge >= 0.3 is 0 Å². The summed E-state index contributed by atoms with van der Waals surface area (Å²) in [6.45, 7) is 16.0. The van der Waals surface area contributed by atoms with Crippen LogP contribution in [0.15, 0.2) is 168 Å². The predicted molar refractivity (Wildman–Crippen MR) is 280 cm³/mol. The van der Waals surface area contributed by atoms with Crippen LogP contribution < -0.4 is 26.2 Å². The van der Waals surface area contributed by atoms with Crippen molar-refractivity contribution in [1.82, 2.24) is 4.57 Å². The Balaban J connectivity index is 1.12. The van der Waals surface area contributed by atoms with Gasteiger partial charge in [-0.25, -0.2) is 0 Å². The van der Waals surface area contributed by atoms with E-state index in [9.17, 15) is 0 Å². The van der Waals surface area contributed by atoms with Crippen molar-refractivity contribution in [2.45, 2.75) is 59.3 Å². The normalized spacial score (nSPS) is 13.4. The molecule has 0 atom stereocenters. The molecule has 0 N–H and O–H groups in total. The van der Waals surface area contributed by atoms with Crippen molar-refractivity contribution in [3.05, 3.63) is 180 Å². The number of fused-ring (bicyclic) bond motifs is 12. The Hall–Kier alpha value is -7.02. The van der Waals surface area contributed by atoms with Crippen molar-refractivity contribution in [3.8, 4) is 5.69 Å². The summed E-state index contributed by atoms with van der Waals surface area (Å²) in [6.07, 6.45) is 0. The Bertz CT molecular complexity index is 3710. The molecule has 11 aromatic rings. The third-order valence-corrected chi connectivity index (χ3v) is 15.3. The molecule has 8 aromatic carbocycles. The molecule has 2 aliphatic heterocycles. The molecule has 4 nitrogen and oxygen atoms in total. The van der Waals surface area contributed by atoms with Crippen molar-refractivity contribution < 1.29 is 4.42 Å². The third kappa shape index (κ3) is 5.56. The van der Waals surface area contributed by atoms with Gasteiger partial charge < -0.3 is 18.8 Å². The second-order valence-electron chi connectivity index (χ2n) is 20.3. The molecule has 3 aromatic heterocycles. The largest absolute Gasteiger partial charge is 0.454 e. The molecule has 5 heterocycles. The first kappa shape index (κ1) is 38.4. The van der Waals surface area contributed by atoms with E-state index in [-0.39, 0.29) is 17.5 Å². The summed E-state index contributed by atoms with van der Waals surface area (Å²) in [5, 5.41) is 6.23. The van der Waals surface area contributed by atoms with Crippen LogP contribution in [0.5, 0.6) is 0 Å². The molecule has 13 rings (SSSR count). The minimum absolute atomic E-state index is 0.00725. The number of nitrogens with zero attached hydrogens (tertiary/aromatic N) is 3. The van der Waals surface area contributed by atoms with Gasteiger partial charge in [0.05, 0.1) is 11.2 Å². The summed E-state index contributed by atoms with van der Waals surface area (Å²) in [6, 6.07) is 61.4. The van der Waals surface area contributed by atoms with Crippen LogP contribution in [0.2, 0.25) is 0 Å². The number of thiophene rings is 1. The Labute approximate surface area is 384 Å². The number of anilines is 6. The van der Waals surface area contributed by atoms with Crippen LogP contribution in [-0.2, 0) is 10.8 Å². The average molecular weight is 858 g/mol. The molecule has 0 saturated heterocycles. The van der Waals surface area contributed by atoms with Crippen LogP contribution in [0.4, 0.5) is 34.1 Å². The van der Waals surface area contributed by atoms with Gasteiger partial charge in [-0.2, -0.15) is 0 Å². The van der Waals surface area contributed by atoms with Gasteiger partial charge in [0, 0.05) is 65.8 Å². The highest BCUT2D eigenvalue weighted by atomic mass is 32.1. The predicted octanol–water partition coefficient (Wildman–Crippen LogP) is 14.9. The van der Waals surface area contributed by atoms with Gasteiger partial charge in [-0.05, 0) is 118 Å². The first-order valence-electron chi connectivity index (χ1n) is 22.9. The number of aromatic nitrogens is 1. The van der Waals surface area contributed by atoms with Crippen molar-refractivity contribution in [1.29, 1.82) is 0 Å². The van der Waals surface area contributed by atoms with E-state index in [0.717, 1.165) is 50.4 Å². The zero-order valence-electron chi connectivity index (χ0n) is 37.8. The van der Waals surface area contributed by atoms with Crippen molar-refractivity contribution in [2.24, 2.45) is 0 Å². The van der Waals surface area contributed by atoms with E-state index in [4.69, 9.17) is 4.42 Å². The van der Waals surface area contributed by atoms with Crippen molar-refractivity contribution in [3.63, 3.8) is 0 Å². The number of hydrogen-bond acceptors (Lipinski definition) is 4. The molecular formula is C59H48BN3OS. The zero-order valence-corrected chi connectivity index (χ0v) is 38.6. The van der Waals surface area contributed by atoms with Crippen molar-refractivity contribution in [2.75, 3.05) is 9.80 Å². The molecule has 0 unspecified atom stereocenters. The summed E-state index contributed by atoms with van der Waals surface area (Å²) in [4.78, 5) is 6.26. The fourth-order valence-corrected chi connectivity index (χ4v) is 12.2. The quantitative estimate of drug-likeness (QED) is 0.165. The lowest BCUT2D eigenvalue weighted by atomic mass is 9.33. The molecule has 0 aliphatic carbocycles. The fraction of sp³-hybridized carbons (Fsp3) is 0.153. The second-order valence-corrected chi connectivity index (χ2v) is 21.3. The maximum atomic E-state index is 6.91. The molecule has 65 heavy (non-hydrogen) atoms. The number of rotatable bonds is 4. The minimum atomic E-state index is 0.00725. The first-order chi connectivity index (χ1) is 31.4. The van der Waals surface area contributed by atoms with E-state index in [1.165, 1.54) is 75.7 Å². The molecular weight excluding hydrogens is 810 g/mol. The summed E-state index contributed by atoms with van der Waals surface area (Å²) in [7, 11) is 0. The Morgan fingerprint density at radius 3 is 1.86 bits per heavy atom. The third-order valence-electron chi connectivity index (χ3n) is 14.1. The Kier molecular flexibility index (Phi) is 7.99. The fourth-order valence-electron chi connectivity index (χ4n) is 11.0. The van der Waals surface area contributed by atoms with Crippen LogP contribution in [-0.4, -0.2) is 11.3 Å². The van der Waals surface area contributed by atoms with Gasteiger partial charge in [0.2, 0.25) is 0 Å². The summed E-state index contributed by atoms with van der Waals surface area (Å²) in [5.41, 5.74) is 18.9. The van der Waals surface area contributed by atoms with Crippen LogP contribution >= 0.6 is 11.3 Å². The van der Waals surface area contributed by atoms with Crippen LogP contribution in [0.25, 0.3) is 58.8 Å². The van der Waals surface area contributed by atoms with E-state index < -0.39 is 0 Å². The molecule has 0 spiro atoms. The highest BCUT2D eigenvalue weighted by Gasteiger charge is 2.43. The molecule has 0 bridgehead atoms. The number of aryl methyl sites for hydroxylation is 1. The smallest absolute Gasteiger partial charge is 0.252 e. The Morgan fingerprint density at radius 2 is 1.14 bits per heavy atom. The number of para-hydroxylation sites is 3. The van der Waals surface area contributed by atoms with Gasteiger partial charge in [0.25, 0.3) is 6.71 Å². The first-order valence-corrected chi connectivity index (χ1v) is 23.7. The number of furan rings is 1. The summed E-state index contributed by atoms with van der Waals surface area (Å²) < 4.78 is 10.8. The van der Waals surface area contributed by atoms with E-state index in [1.54, 1.807) is 0 Å². The molecule has 0 radical (unpaired) electrons. The van der Waals surface area contributed by atoms with Gasteiger partial charge in [-0.3, -0.25) is 0 Å². The number of hydrogen-bond donors (Lipinski definition) is 0. The highest BCUT2D eigenvalue weighted by Crippen LogP contribution is 2.49. The van der Waals surface area contributed by atoms with Gasteiger partial charge in [0.15, 0.2) is 5.58 Å². The SMILES string of the molecule is Cc1cc2c3c(c1)-n1c4sc5ccccc5c4c4cccc(c41)B3c1ccc(N(c3ccc(C(C)(C)C)cc3)c3ccc(C(C)(C)C)cc3)cc1N2c1cccc2c1oc1ccccc12. The second kappa shape index (κ2) is 13.5. The summed E-state index contributed by atoms with van der Waals surface area (Å²) >= 11 is 1.90. The maximum absolute atomic E-state index is 6.91. The van der Waals surface area contributed by atoms with E-state index in [1.807, 2.05) is 11.3 Å². The lowest BCUT2D eigenvalue weighted by Crippen LogP contribution is -2.60. The van der Waals surface area contributed by atoms with Crippen LogP contribution in [0, 0.1) is 6.92 Å². The average Bonchev–Trinajstić information content (AvgIpc) is 3.97. The molecule has 314 valence electrons. The molecule has 0 saturated carbocycles. The van der Waals surface area contributed by atoms with Gasteiger partial charge in [0.1, 0.15) is 10.4 Å². The van der Waals surface area contributed by atoms with Crippen molar-refractivity contribution >= 4 is 122 Å². The lowest BCUT2D eigenvalue weighted by Gasteiger charge is -2.41. The van der Waals surface area contributed by atoms with Gasteiger partial charge in [-0.1, -0.05) is 139 Å². The lowest BCUT2D eigenvalue weighted by molar-refractivity contribution is 0.590. The molecule has 0 amide bonds. The molecule has 0 fully saturated rings. The van der Waals surface area contributed by atoms with E-state index in [0.29, 0.717) is 0 Å². The minimum Gasteiger partial charge on any atom is -0.454 e. The zero-order chi connectivity index (χ0) is 44.1. The standard InChI is InChI=1S/C59H48BN3OS/c1-35-32-49-54-50(33-35)63-55-44(53-43-15-9-11-21-52(43)65-57(53)63)17-12-18-46(55)60(54)45-31-30-40(34-48(45)62(49)47-19-13-16-42-41-14-8-10-20-51(41)64-56(42)47)61(38-26-22-36(23-27-38)58(2,3)4)39-28-24-37(25-29-39)59(5,6)7/h8-34H,1-7H3. The van der Waals surface area contributed by atoms with Gasteiger partial charge in [-0.15, -0.1) is 11.3 Å². The molecule has 6 heteroatoms. The van der Waals surface area contributed by atoms with E-state index >= 15 is 0 Å². The topological polar surface area (TPSA) is 24.6 Å². The van der Waals surface area contributed by atoms with E-state index in [2.05, 4.69) is 227 Å². The maximum Gasteiger partial charge on any atom is 0.252 e. The molecule has 2 aliphatic rings. The highest BCUT2D eigenvalue weighted by molar-refractivity contribution is 7.26.